The lowest BCUT2D eigenvalue weighted by atomic mass is 9.79. The van der Waals surface area contributed by atoms with Crippen LogP contribution in [0.15, 0.2) is 0 Å². The fraction of sp³-hybridized carbons (Fsp3) is 0.957. The van der Waals surface area contributed by atoms with E-state index in [1.165, 1.54) is 193 Å². The minimum Gasteiger partial charge on any atom is -0.463 e. The van der Waals surface area contributed by atoms with Gasteiger partial charge in [-0.2, -0.15) is 0 Å². The minimum atomic E-state index is -1.09. The van der Waals surface area contributed by atoms with Crippen molar-refractivity contribution in [3.05, 3.63) is 0 Å². The second kappa shape index (κ2) is 31.3. The van der Waals surface area contributed by atoms with E-state index in [1.54, 1.807) is 0 Å². The van der Waals surface area contributed by atoms with Crippen LogP contribution in [-0.2, 0) is 23.8 Å². The molecule has 1 saturated carbocycles. The molecule has 5 heteroatoms. The van der Waals surface area contributed by atoms with Gasteiger partial charge < -0.3 is 14.2 Å². The number of ether oxygens (including phenoxy) is 3. The summed E-state index contributed by atoms with van der Waals surface area (Å²) in [7, 11) is 0. The number of fused-ring (bicyclic) bond motifs is 1. The van der Waals surface area contributed by atoms with Crippen LogP contribution in [0.25, 0.3) is 0 Å². The van der Waals surface area contributed by atoms with Crippen LogP contribution in [0.4, 0.5) is 0 Å². The Morgan fingerprint density at radius 1 is 0.373 bits per heavy atom. The molecule has 2 aliphatic rings. The quantitative estimate of drug-likeness (QED) is 0.0361. The fourth-order valence-corrected chi connectivity index (χ4v) is 8.36. The highest BCUT2D eigenvalue weighted by molar-refractivity contribution is 5.98. The molecule has 0 radical (unpaired) electrons. The molecule has 0 amide bonds. The summed E-state index contributed by atoms with van der Waals surface area (Å²) in [5, 5.41) is 0. The second-order valence-electron chi connectivity index (χ2n) is 16.5. The summed E-state index contributed by atoms with van der Waals surface area (Å²) in [5.74, 6) is -0.679. The summed E-state index contributed by atoms with van der Waals surface area (Å²) in [5.41, 5.74) is -2.18. The van der Waals surface area contributed by atoms with Gasteiger partial charge >= 0.3 is 11.9 Å². The number of esters is 2. The smallest absolute Gasteiger partial charge is 0.342 e. The second-order valence-corrected chi connectivity index (χ2v) is 16.5. The van der Waals surface area contributed by atoms with Gasteiger partial charge in [-0.1, -0.05) is 219 Å². The molecule has 0 aromatic carbocycles. The van der Waals surface area contributed by atoms with Gasteiger partial charge in [-0.05, 0) is 38.5 Å². The van der Waals surface area contributed by atoms with Gasteiger partial charge in [0.15, 0.2) is 0 Å². The van der Waals surface area contributed by atoms with Crippen molar-refractivity contribution >= 4 is 11.9 Å². The van der Waals surface area contributed by atoms with Crippen molar-refractivity contribution in [2.24, 2.45) is 0 Å². The van der Waals surface area contributed by atoms with Gasteiger partial charge in [-0.25, -0.2) is 9.59 Å². The van der Waals surface area contributed by atoms with E-state index in [0.29, 0.717) is 26.1 Å². The molecule has 0 N–H and O–H groups in total. The maximum absolute atomic E-state index is 13.1. The molecule has 0 spiro atoms. The normalized spacial score (nSPS) is 19.6. The number of carbonyl (C=O) groups is 2. The summed E-state index contributed by atoms with van der Waals surface area (Å²) >= 11 is 0. The lowest BCUT2D eigenvalue weighted by Crippen LogP contribution is -2.44. The van der Waals surface area contributed by atoms with Crippen molar-refractivity contribution in [3.8, 4) is 0 Å². The summed E-state index contributed by atoms with van der Waals surface area (Å²) in [6.45, 7) is 5.42. The van der Waals surface area contributed by atoms with Crippen molar-refractivity contribution < 1.29 is 23.8 Å². The number of unbranched alkanes of at least 4 members (excludes halogenated alkanes) is 32. The molecule has 300 valence electrons. The van der Waals surface area contributed by atoms with Crippen LogP contribution in [0.3, 0.4) is 0 Å². The maximum atomic E-state index is 13.1. The monoisotopic (exact) mass is 719 g/mol. The van der Waals surface area contributed by atoms with Crippen molar-refractivity contribution in [1.29, 1.82) is 0 Å². The molecule has 0 bridgehead atoms. The van der Waals surface area contributed by atoms with Gasteiger partial charge in [0.05, 0.1) is 13.2 Å². The summed E-state index contributed by atoms with van der Waals surface area (Å²) in [4.78, 5) is 26.3. The molecule has 1 aliphatic carbocycles. The zero-order valence-corrected chi connectivity index (χ0v) is 34.3. The van der Waals surface area contributed by atoms with E-state index < -0.39 is 11.2 Å². The molecule has 1 aliphatic heterocycles. The maximum Gasteiger partial charge on any atom is 0.342 e. The Morgan fingerprint density at radius 2 is 0.588 bits per heavy atom. The first-order valence-corrected chi connectivity index (χ1v) is 23.2. The number of rotatable bonds is 38. The van der Waals surface area contributed by atoms with Crippen LogP contribution in [0.5, 0.6) is 0 Å². The highest BCUT2D eigenvalue weighted by Gasteiger charge is 2.81. The van der Waals surface area contributed by atoms with Gasteiger partial charge in [0.2, 0.25) is 11.2 Å². The molecule has 5 nitrogen and oxygen atoms in total. The van der Waals surface area contributed by atoms with E-state index in [0.717, 1.165) is 38.5 Å². The lowest BCUT2D eigenvalue weighted by Gasteiger charge is -2.22. The summed E-state index contributed by atoms with van der Waals surface area (Å²) in [6.07, 6.45) is 48.1. The molecule has 51 heavy (non-hydrogen) atoms. The molecule has 2 atom stereocenters. The summed E-state index contributed by atoms with van der Waals surface area (Å²) < 4.78 is 17.4. The number of hydrogen-bond donors (Lipinski definition) is 0. The highest BCUT2D eigenvalue weighted by Crippen LogP contribution is 2.59. The van der Waals surface area contributed by atoms with Crippen LogP contribution in [-0.4, -0.2) is 36.4 Å². The Hall–Kier alpha value is -1.10. The third-order valence-corrected chi connectivity index (χ3v) is 11.9. The standard InChI is InChI=1S/C46H86O5/c1-3-5-7-9-11-13-15-17-19-21-23-25-27-29-31-33-37-41-49-43(47)45-39-35-36-40-46(45,51-45)44(48)50-42-38-34-32-30-28-26-24-22-20-18-16-14-12-10-8-6-4-2/h3-42H2,1-2H3. The Kier molecular flexibility index (Phi) is 28.2. The minimum absolute atomic E-state index is 0.339. The van der Waals surface area contributed by atoms with Gasteiger partial charge in [-0.15, -0.1) is 0 Å². The van der Waals surface area contributed by atoms with Crippen LogP contribution in [0, 0.1) is 0 Å². The van der Waals surface area contributed by atoms with Crippen LogP contribution < -0.4 is 0 Å². The van der Waals surface area contributed by atoms with Crippen molar-refractivity contribution in [1.82, 2.24) is 0 Å². The first-order chi connectivity index (χ1) is 25.1. The number of hydrogen-bond acceptors (Lipinski definition) is 5. The molecular formula is C46H86O5. The van der Waals surface area contributed by atoms with E-state index in [-0.39, 0.29) is 11.9 Å². The zero-order valence-electron chi connectivity index (χ0n) is 34.3. The van der Waals surface area contributed by atoms with E-state index in [4.69, 9.17) is 14.2 Å². The Bertz CT molecular complexity index is 762. The number of epoxide rings is 1. The molecule has 1 heterocycles. The average Bonchev–Trinajstić information content (AvgIpc) is 3.86. The van der Waals surface area contributed by atoms with E-state index in [2.05, 4.69) is 13.8 Å². The van der Waals surface area contributed by atoms with Crippen LogP contribution in [0.1, 0.15) is 258 Å². The molecule has 0 aromatic rings. The van der Waals surface area contributed by atoms with E-state index in [9.17, 15) is 9.59 Å². The molecule has 1 saturated heterocycles. The van der Waals surface area contributed by atoms with Crippen molar-refractivity contribution in [2.45, 2.75) is 269 Å². The topological polar surface area (TPSA) is 65.1 Å². The first-order valence-electron chi connectivity index (χ1n) is 23.2. The third-order valence-electron chi connectivity index (χ3n) is 11.9. The predicted molar refractivity (Wildman–Crippen MR) is 215 cm³/mol. The van der Waals surface area contributed by atoms with E-state index >= 15 is 0 Å². The Labute approximate surface area is 317 Å². The molecule has 2 unspecified atom stereocenters. The van der Waals surface area contributed by atoms with Gasteiger partial charge in [0.25, 0.3) is 0 Å². The van der Waals surface area contributed by atoms with Gasteiger partial charge in [0.1, 0.15) is 0 Å². The van der Waals surface area contributed by atoms with Gasteiger partial charge in [-0.3, -0.25) is 0 Å². The van der Waals surface area contributed by atoms with Crippen LogP contribution in [0.2, 0.25) is 0 Å². The lowest BCUT2D eigenvalue weighted by molar-refractivity contribution is -0.155. The molecule has 0 aromatic heterocycles. The molecule has 2 rings (SSSR count). The van der Waals surface area contributed by atoms with Gasteiger partial charge in [0, 0.05) is 0 Å². The first kappa shape index (κ1) is 46.1. The van der Waals surface area contributed by atoms with Crippen molar-refractivity contribution in [2.75, 3.05) is 13.2 Å². The predicted octanol–water partition coefficient (Wildman–Crippen LogP) is 14.5. The Balaban J connectivity index is 1.39. The average molecular weight is 719 g/mol. The van der Waals surface area contributed by atoms with Crippen LogP contribution >= 0.6 is 0 Å². The third kappa shape index (κ3) is 20.2. The SMILES string of the molecule is CCCCCCCCCCCCCCCCCCCOC(=O)C12CCCCC1(C(=O)OCCCCCCCCCCCCCCCCCCC)O2. The fourth-order valence-electron chi connectivity index (χ4n) is 8.36. The zero-order chi connectivity index (χ0) is 36.6. The van der Waals surface area contributed by atoms with E-state index in [1.807, 2.05) is 0 Å². The number of carbonyl (C=O) groups excluding carboxylic acids is 2. The molecular weight excluding hydrogens is 633 g/mol. The highest BCUT2D eigenvalue weighted by atomic mass is 16.7. The molecule has 2 fully saturated rings. The largest absolute Gasteiger partial charge is 0.463 e. The Morgan fingerprint density at radius 3 is 0.824 bits per heavy atom. The summed E-state index contributed by atoms with van der Waals surface area (Å²) in [6, 6.07) is 0. The van der Waals surface area contributed by atoms with Crippen molar-refractivity contribution in [3.63, 3.8) is 0 Å².